The van der Waals surface area contributed by atoms with E-state index in [9.17, 15) is 8.78 Å². The van der Waals surface area contributed by atoms with Crippen molar-refractivity contribution >= 4 is 16.7 Å². The van der Waals surface area contributed by atoms with Crippen LogP contribution < -0.4 is 5.32 Å². The van der Waals surface area contributed by atoms with Gasteiger partial charge in [0, 0.05) is 36.6 Å². The molecule has 2 heterocycles. The highest BCUT2D eigenvalue weighted by molar-refractivity contribution is 5.94. The van der Waals surface area contributed by atoms with E-state index in [0.29, 0.717) is 17.3 Å². The second kappa shape index (κ2) is 6.64. The maximum absolute atomic E-state index is 15.2. The van der Waals surface area contributed by atoms with Crippen molar-refractivity contribution in [2.45, 2.75) is 0 Å². The van der Waals surface area contributed by atoms with Gasteiger partial charge in [0.1, 0.15) is 29.0 Å². The Bertz CT molecular complexity index is 1150. The Hall–Kier alpha value is -3.55. The summed E-state index contributed by atoms with van der Waals surface area (Å²) in [6.07, 6.45) is 4.52. The molecule has 1 N–H and O–H groups in total. The van der Waals surface area contributed by atoms with Gasteiger partial charge in [-0.3, -0.25) is 4.98 Å². The number of nitrogens with zero attached hydrogens (tertiary/aromatic N) is 4. The van der Waals surface area contributed by atoms with Crippen molar-refractivity contribution in [1.29, 1.82) is 0 Å². The Labute approximate surface area is 152 Å². The van der Waals surface area contributed by atoms with E-state index in [1.54, 1.807) is 13.1 Å². The monoisotopic (exact) mass is 367 g/mol. The van der Waals surface area contributed by atoms with Crippen molar-refractivity contribution in [3.05, 3.63) is 66.4 Å². The van der Waals surface area contributed by atoms with Crippen LogP contribution in [-0.2, 0) is 0 Å². The molecule has 0 fully saturated rings. The first-order chi connectivity index (χ1) is 13.1. The standard InChI is InChI=1S/C19H12F3N5/c1-23-19-16-14(26-18(27-19)15-9-24-6-7-25-15)5-4-12(17(16)22)11-3-2-10(20)8-13(11)21/h2-9H,1H3,(H,23,26,27). The summed E-state index contributed by atoms with van der Waals surface area (Å²) in [4.78, 5) is 16.8. The lowest BCUT2D eigenvalue weighted by molar-refractivity contribution is 0.583. The first kappa shape index (κ1) is 16.9. The summed E-state index contributed by atoms with van der Waals surface area (Å²) in [6, 6.07) is 5.95. The van der Waals surface area contributed by atoms with Crippen LogP contribution in [0.2, 0.25) is 0 Å². The second-order valence-electron chi connectivity index (χ2n) is 5.68. The molecule has 5 nitrogen and oxygen atoms in total. The average Bonchev–Trinajstić information content (AvgIpc) is 2.69. The molecule has 0 bridgehead atoms. The smallest absolute Gasteiger partial charge is 0.182 e. The summed E-state index contributed by atoms with van der Waals surface area (Å²) in [5.74, 6) is -1.78. The van der Waals surface area contributed by atoms with Crippen molar-refractivity contribution in [2.75, 3.05) is 12.4 Å². The van der Waals surface area contributed by atoms with Gasteiger partial charge in [0.25, 0.3) is 0 Å². The van der Waals surface area contributed by atoms with Gasteiger partial charge in [0.15, 0.2) is 5.82 Å². The number of hydrogen-bond donors (Lipinski definition) is 1. The highest BCUT2D eigenvalue weighted by atomic mass is 19.1. The molecule has 0 spiro atoms. The third-order valence-electron chi connectivity index (χ3n) is 4.05. The molecular weight excluding hydrogens is 355 g/mol. The molecule has 0 aliphatic rings. The van der Waals surface area contributed by atoms with Gasteiger partial charge in [0.2, 0.25) is 0 Å². The maximum Gasteiger partial charge on any atom is 0.182 e. The molecule has 0 radical (unpaired) electrons. The van der Waals surface area contributed by atoms with Crippen LogP contribution in [0.25, 0.3) is 33.5 Å². The Balaban J connectivity index is 1.95. The highest BCUT2D eigenvalue weighted by Crippen LogP contribution is 2.34. The van der Waals surface area contributed by atoms with Gasteiger partial charge in [-0.25, -0.2) is 28.1 Å². The molecule has 8 heteroatoms. The molecule has 0 amide bonds. The van der Waals surface area contributed by atoms with Crippen LogP contribution >= 0.6 is 0 Å². The van der Waals surface area contributed by atoms with Gasteiger partial charge < -0.3 is 5.32 Å². The lowest BCUT2D eigenvalue weighted by Gasteiger charge is -2.12. The molecule has 4 rings (SSSR count). The van der Waals surface area contributed by atoms with Crippen LogP contribution in [0.3, 0.4) is 0 Å². The molecule has 4 aromatic rings. The summed E-state index contributed by atoms with van der Waals surface area (Å²) >= 11 is 0. The van der Waals surface area contributed by atoms with Crippen LogP contribution in [0.15, 0.2) is 48.9 Å². The third-order valence-corrected chi connectivity index (χ3v) is 4.05. The lowest BCUT2D eigenvalue weighted by atomic mass is 10.0. The van der Waals surface area contributed by atoms with Gasteiger partial charge in [-0.05, 0) is 24.3 Å². The third kappa shape index (κ3) is 2.95. The zero-order chi connectivity index (χ0) is 19.0. The van der Waals surface area contributed by atoms with Gasteiger partial charge in [-0.2, -0.15) is 0 Å². The first-order valence-electron chi connectivity index (χ1n) is 7.98. The zero-order valence-corrected chi connectivity index (χ0v) is 14.0. The molecular formula is C19H12F3N5. The Morgan fingerprint density at radius 1 is 0.926 bits per heavy atom. The minimum absolute atomic E-state index is 0.00708. The van der Waals surface area contributed by atoms with E-state index in [1.165, 1.54) is 30.7 Å². The largest absolute Gasteiger partial charge is 0.372 e. The fourth-order valence-corrected chi connectivity index (χ4v) is 2.81. The molecule has 0 saturated carbocycles. The highest BCUT2D eigenvalue weighted by Gasteiger charge is 2.19. The predicted octanol–water partition coefficient (Wildman–Crippen LogP) is 4.21. The molecule has 0 saturated heterocycles. The number of halogens is 3. The number of benzene rings is 2. The Morgan fingerprint density at radius 2 is 1.74 bits per heavy atom. The van der Waals surface area contributed by atoms with E-state index >= 15 is 4.39 Å². The average molecular weight is 367 g/mol. The summed E-state index contributed by atoms with van der Waals surface area (Å²) in [6.45, 7) is 0. The van der Waals surface area contributed by atoms with Crippen LogP contribution in [0, 0.1) is 17.5 Å². The van der Waals surface area contributed by atoms with Gasteiger partial charge >= 0.3 is 0 Å². The van der Waals surface area contributed by atoms with E-state index in [2.05, 4.69) is 25.3 Å². The van der Waals surface area contributed by atoms with E-state index < -0.39 is 17.5 Å². The fourth-order valence-electron chi connectivity index (χ4n) is 2.81. The molecule has 2 aromatic heterocycles. The first-order valence-corrected chi connectivity index (χ1v) is 7.98. The minimum Gasteiger partial charge on any atom is -0.372 e. The number of fused-ring (bicyclic) bond motifs is 1. The molecule has 0 unspecified atom stereocenters. The lowest BCUT2D eigenvalue weighted by Crippen LogP contribution is -2.02. The molecule has 134 valence electrons. The Kier molecular flexibility index (Phi) is 4.15. The summed E-state index contributed by atoms with van der Waals surface area (Å²) < 4.78 is 42.5. The quantitative estimate of drug-likeness (QED) is 0.588. The fraction of sp³-hybridized carbons (Fsp3) is 0.0526. The Morgan fingerprint density at radius 3 is 2.44 bits per heavy atom. The topological polar surface area (TPSA) is 63.6 Å². The van der Waals surface area contributed by atoms with Crippen molar-refractivity contribution in [2.24, 2.45) is 0 Å². The van der Waals surface area contributed by atoms with Gasteiger partial charge in [0.05, 0.1) is 17.1 Å². The van der Waals surface area contributed by atoms with Crippen molar-refractivity contribution in [3.8, 4) is 22.6 Å². The summed E-state index contributed by atoms with van der Waals surface area (Å²) in [5.41, 5.74) is 0.701. The molecule has 2 aromatic carbocycles. The van der Waals surface area contributed by atoms with E-state index in [0.717, 1.165) is 6.07 Å². The number of anilines is 1. The summed E-state index contributed by atoms with van der Waals surface area (Å²) in [7, 11) is 1.59. The number of nitrogens with one attached hydrogen (secondary N) is 1. The van der Waals surface area contributed by atoms with Crippen molar-refractivity contribution in [1.82, 2.24) is 19.9 Å². The van der Waals surface area contributed by atoms with Crippen molar-refractivity contribution < 1.29 is 13.2 Å². The molecule has 0 atom stereocenters. The molecule has 0 aliphatic carbocycles. The second-order valence-corrected chi connectivity index (χ2v) is 5.68. The van der Waals surface area contributed by atoms with Crippen LogP contribution in [0.5, 0.6) is 0 Å². The van der Waals surface area contributed by atoms with E-state index in [-0.39, 0.29) is 28.2 Å². The normalized spacial score (nSPS) is 11.0. The van der Waals surface area contributed by atoms with E-state index in [4.69, 9.17) is 0 Å². The zero-order valence-electron chi connectivity index (χ0n) is 14.0. The van der Waals surface area contributed by atoms with Crippen molar-refractivity contribution in [3.63, 3.8) is 0 Å². The van der Waals surface area contributed by atoms with Crippen LogP contribution in [0.1, 0.15) is 0 Å². The number of rotatable bonds is 3. The number of hydrogen-bond acceptors (Lipinski definition) is 5. The predicted molar refractivity (Wildman–Crippen MR) is 95.4 cm³/mol. The van der Waals surface area contributed by atoms with E-state index in [1.807, 2.05) is 0 Å². The molecule has 0 aliphatic heterocycles. The summed E-state index contributed by atoms with van der Waals surface area (Å²) in [5, 5.41) is 2.93. The SMILES string of the molecule is CNc1nc(-c2cnccn2)nc2ccc(-c3ccc(F)cc3F)c(F)c12. The molecule has 27 heavy (non-hydrogen) atoms. The van der Waals surface area contributed by atoms with Crippen LogP contribution in [-0.4, -0.2) is 27.0 Å². The van der Waals surface area contributed by atoms with Gasteiger partial charge in [-0.15, -0.1) is 0 Å². The minimum atomic E-state index is -0.851. The number of aromatic nitrogens is 4. The maximum atomic E-state index is 15.2. The van der Waals surface area contributed by atoms with Crippen LogP contribution in [0.4, 0.5) is 19.0 Å². The van der Waals surface area contributed by atoms with Gasteiger partial charge in [-0.1, -0.05) is 0 Å².